The average molecular weight is 312 g/mol. The van der Waals surface area contributed by atoms with Gasteiger partial charge < -0.3 is 10.0 Å². The van der Waals surface area contributed by atoms with Crippen molar-refractivity contribution >= 4 is 21.8 Å². The number of phenolic OH excluding ortho intramolecular Hbond substituents is 1. The molecule has 0 bridgehead atoms. The van der Waals surface area contributed by atoms with Crippen LogP contribution < -0.4 is 0 Å². The molecule has 0 aliphatic rings. The number of halogens is 4. The molecular weight excluding hydrogens is 303 g/mol. The molecule has 0 aliphatic heterocycles. The Kier molecular flexibility index (Phi) is 4.03. The summed E-state index contributed by atoms with van der Waals surface area (Å²) in [6.07, 6.45) is -4.46. The normalized spacial score (nSPS) is 11.4. The van der Waals surface area contributed by atoms with Crippen molar-refractivity contribution in [1.82, 2.24) is 4.90 Å². The van der Waals surface area contributed by atoms with Crippen LogP contribution in [0.5, 0.6) is 5.75 Å². The maximum Gasteiger partial charge on any atom is 0.406 e. The smallest absolute Gasteiger partial charge is 0.406 e. The van der Waals surface area contributed by atoms with E-state index in [1.165, 1.54) is 18.2 Å². The van der Waals surface area contributed by atoms with Gasteiger partial charge in [0.2, 0.25) is 0 Å². The van der Waals surface area contributed by atoms with E-state index in [1.54, 1.807) is 0 Å². The largest absolute Gasteiger partial charge is 0.507 e. The second kappa shape index (κ2) is 4.95. The highest BCUT2D eigenvalue weighted by atomic mass is 79.9. The van der Waals surface area contributed by atoms with Crippen LogP contribution in [0.1, 0.15) is 10.4 Å². The lowest BCUT2D eigenvalue weighted by Gasteiger charge is -2.19. The lowest BCUT2D eigenvalue weighted by atomic mass is 10.2. The van der Waals surface area contributed by atoms with Crippen molar-refractivity contribution in [2.45, 2.75) is 6.18 Å². The summed E-state index contributed by atoms with van der Waals surface area (Å²) >= 11 is 3.07. The third kappa shape index (κ3) is 3.92. The number of amides is 1. The van der Waals surface area contributed by atoms with E-state index >= 15 is 0 Å². The van der Waals surface area contributed by atoms with E-state index in [1.807, 2.05) is 0 Å². The Hall–Kier alpha value is -1.24. The lowest BCUT2D eigenvalue weighted by Crippen LogP contribution is -2.35. The van der Waals surface area contributed by atoms with Crippen LogP contribution in [0, 0.1) is 0 Å². The number of nitrogens with zero attached hydrogens (tertiary/aromatic N) is 1. The predicted molar refractivity (Wildman–Crippen MR) is 58.8 cm³/mol. The molecular formula is C10H9BrF3NO2. The van der Waals surface area contributed by atoms with Crippen LogP contribution in [0.4, 0.5) is 13.2 Å². The summed E-state index contributed by atoms with van der Waals surface area (Å²) in [6, 6.07) is 3.97. The molecule has 0 spiro atoms. The minimum absolute atomic E-state index is 0.167. The molecule has 17 heavy (non-hydrogen) atoms. The Bertz CT molecular complexity index is 434. The molecule has 1 aromatic carbocycles. The predicted octanol–water partition coefficient (Wildman–Crippen LogP) is 2.79. The first-order valence-corrected chi connectivity index (χ1v) is 5.31. The van der Waals surface area contributed by atoms with Gasteiger partial charge >= 0.3 is 6.18 Å². The van der Waals surface area contributed by atoms with Crippen molar-refractivity contribution in [2.75, 3.05) is 13.6 Å². The summed E-state index contributed by atoms with van der Waals surface area (Å²) in [5.74, 6) is -1.24. The first-order valence-electron chi connectivity index (χ1n) is 4.51. The zero-order chi connectivity index (χ0) is 13.2. The van der Waals surface area contributed by atoms with Gasteiger partial charge in [0.05, 0.1) is 5.56 Å². The molecule has 0 atom stereocenters. The monoisotopic (exact) mass is 311 g/mol. The van der Waals surface area contributed by atoms with Crippen LogP contribution in [0.3, 0.4) is 0 Å². The maximum atomic E-state index is 12.1. The highest BCUT2D eigenvalue weighted by Crippen LogP contribution is 2.24. The molecule has 1 rings (SSSR count). The second-order valence-electron chi connectivity index (χ2n) is 3.44. The summed E-state index contributed by atoms with van der Waals surface area (Å²) in [5.41, 5.74) is -0.167. The van der Waals surface area contributed by atoms with Crippen molar-refractivity contribution in [3.8, 4) is 5.75 Å². The van der Waals surface area contributed by atoms with Crippen molar-refractivity contribution < 1.29 is 23.1 Å². The Morgan fingerprint density at radius 1 is 1.47 bits per heavy atom. The number of hydrogen-bond acceptors (Lipinski definition) is 2. The van der Waals surface area contributed by atoms with Crippen molar-refractivity contribution in [1.29, 1.82) is 0 Å². The molecule has 0 saturated heterocycles. The average Bonchev–Trinajstić information content (AvgIpc) is 2.14. The molecule has 1 N–H and O–H groups in total. The highest BCUT2D eigenvalue weighted by molar-refractivity contribution is 9.10. The summed E-state index contributed by atoms with van der Waals surface area (Å²) in [6.45, 7) is -1.36. The number of phenols is 1. The van der Waals surface area contributed by atoms with E-state index in [-0.39, 0.29) is 11.3 Å². The summed E-state index contributed by atoms with van der Waals surface area (Å²) in [5, 5.41) is 9.45. The zero-order valence-electron chi connectivity index (χ0n) is 8.75. The molecule has 0 aliphatic carbocycles. The molecule has 7 heteroatoms. The summed E-state index contributed by atoms with van der Waals surface area (Å²) in [7, 11) is 1.03. The van der Waals surface area contributed by atoms with Crippen LogP contribution in [0.15, 0.2) is 22.7 Å². The third-order valence-corrected chi connectivity index (χ3v) is 2.45. The number of carbonyl (C=O) groups excluding carboxylic acids is 1. The number of alkyl halides is 3. The maximum absolute atomic E-state index is 12.1. The fourth-order valence-corrected chi connectivity index (χ4v) is 1.58. The quantitative estimate of drug-likeness (QED) is 0.912. The Labute approximate surface area is 104 Å². The molecule has 1 amide bonds. The number of carbonyl (C=O) groups is 1. The van der Waals surface area contributed by atoms with Crippen LogP contribution in [-0.2, 0) is 0 Å². The second-order valence-corrected chi connectivity index (χ2v) is 4.35. The first kappa shape index (κ1) is 13.8. The molecule has 0 fully saturated rings. The van der Waals surface area contributed by atoms with Gasteiger partial charge in [-0.05, 0) is 18.2 Å². The van der Waals surface area contributed by atoms with Gasteiger partial charge in [-0.3, -0.25) is 4.79 Å². The van der Waals surface area contributed by atoms with Crippen molar-refractivity contribution in [3.63, 3.8) is 0 Å². The number of hydrogen-bond donors (Lipinski definition) is 1. The van der Waals surface area contributed by atoms with E-state index in [4.69, 9.17) is 0 Å². The van der Waals surface area contributed by atoms with E-state index in [0.29, 0.717) is 9.37 Å². The molecule has 94 valence electrons. The fourth-order valence-electron chi connectivity index (χ4n) is 1.23. The molecule has 0 unspecified atom stereocenters. The van der Waals surface area contributed by atoms with E-state index in [0.717, 1.165) is 7.05 Å². The van der Waals surface area contributed by atoms with Crippen molar-refractivity contribution in [2.24, 2.45) is 0 Å². The zero-order valence-corrected chi connectivity index (χ0v) is 10.3. The van der Waals surface area contributed by atoms with Crippen LogP contribution in [0.25, 0.3) is 0 Å². The summed E-state index contributed by atoms with van der Waals surface area (Å²) in [4.78, 5) is 12.1. The molecule has 0 aromatic heterocycles. The van der Waals surface area contributed by atoms with Gasteiger partial charge in [0.1, 0.15) is 12.3 Å². The minimum atomic E-state index is -4.46. The van der Waals surface area contributed by atoms with E-state index in [9.17, 15) is 23.1 Å². The Morgan fingerprint density at radius 2 is 2.06 bits per heavy atom. The van der Waals surface area contributed by atoms with Gasteiger partial charge in [-0.2, -0.15) is 13.2 Å². The molecule has 0 saturated carbocycles. The third-order valence-electron chi connectivity index (χ3n) is 1.95. The van der Waals surface area contributed by atoms with Gasteiger partial charge in [-0.15, -0.1) is 0 Å². The molecule has 0 heterocycles. The van der Waals surface area contributed by atoms with E-state index < -0.39 is 18.6 Å². The van der Waals surface area contributed by atoms with Gasteiger partial charge in [0.15, 0.2) is 0 Å². The minimum Gasteiger partial charge on any atom is -0.507 e. The highest BCUT2D eigenvalue weighted by Gasteiger charge is 2.32. The lowest BCUT2D eigenvalue weighted by molar-refractivity contribution is -0.138. The van der Waals surface area contributed by atoms with Crippen LogP contribution in [0.2, 0.25) is 0 Å². The summed E-state index contributed by atoms with van der Waals surface area (Å²) < 4.78 is 36.8. The number of rotatable bonds is 2. The van der Waals surface area contributed by atoms with Gasteiger partial charge in [0, 0.05) is 11.5 Å². The first-order chi connectivity index (χ1) is 7.70. The fraction of sp³-hybridized carbons (Fsp3) is 0.300. The standard InChI is InChI=1S/C10H9BrF3NO2/c1-15(5-10(12,13)14)9(17)7-3-2-6(11)4-8(7)16/h2-4,16H,5H2,1H3. The van der Waals surface area contributed by atoms with E-state index in [2.05, 4.69) is 15.9 Å². The molecule has 3 nitrogen and oxygen atoms in total. The Balaban J connectivity index is 2.89. The Morgan fingerprint density at radius 3 is 2.53 bits per heavy atom. The SMILES string of the molecule is CN(CC(F)(F)F)C(=O)c1ccc(Br)cc1O. The topological polar surface area (TPSA) is 40.5 Å². The van der Waals surface area contributed by atoms with Gasteiger partial charge in [0.25, 0.3) is 5.91 Å². The molecule has 1 aromatic rings. The van der Waals surface area contributed by atoms with Crippen molar-refractivity contribution in [3.05, 3.63) is 28.2 Å². The number of benzene rings is 1. The molecule has 0 radical (unpaired) electrons. The number of aromatic hydroxyl groups is 1. The van der Waals surface area contributed by atoms with Gasteiger partial charge in [-0.25, -0.2) is 0 Å². The van der Waals surface area contributed by atoms with Crippen LogP contribution in [-0.4, -0.2) is 35.7 Å². The van der Waals surface area contributed by atoms with Crippen LogP contribution >= 0.6 is 15.9 Å². The van der Waals surface area contributed by atoms with Gasteiger partial charge in [-0.1, -0.05) is 15.9 Å².